The summed E-state index contributed by atoms with van der Waals surface area (Å²) in [7, 11) is -3.58. The first-order valence-corrected chi connectivity index (χ1v) is 10.1. The maximum atomic E-state index is 12.4. The quantitative estimate of drug-likeness (QED) is 0.479. The van der Waals surface area contributed by atoms with Gasteiger partial charge in [0.2, 0.25) is 10.0 Å². The smallest absolute Gasteiger partial charge is 0.259 e. The molecule has 10 heteroatoms. The Bertz CT molecular complexity index is 917. The van der Waals surface area contributed by atoms with Crippen molar-refractivity contribution >= 4 is 28.1 Å². The summed E-state index contributed by atoms with van der Waals surface area (Å²) in [6, 6.07) is 8.90. The molecule has 0 bridgehead atoms. The highest BCUT2D eigenvalue weighted by molar-refractivity contribution is 7.89. The van der Waals surface area contributed by atoms with E-state index < -0.39 is 21.8 Å². The maximum absolute atomic E-state index is 12.4. The van der Waals surface area contributed by atoms with E-state index in [0.717, 1.165) is 0 Å². The van der Waals surface area contributed by atoms with Crippen LogP contribution in [0.4, 0.5) is 0 Å². The zero-order valence-electron chi connectivity index (χ0n) is 15.6. The normalized spacial score (nSPS) is 11.7. The number of hydrogen-bond donors (Lipinski definition) is 2. The zero-order valence-corrected chi connectivity index (χ0v) is 16.4. The van der Waals surface area contributed by atoms with Crippen molar-refractivity contribution in [3.63, 3.8) is 0 Å². The number of hydrogen-bond acceptors (Lipinski definition) is 6. The molecule has 0 unspecified atom stereocenters. The van der Waals surface area contributed by atoms with E-state index in [-0.39, 0.29) is 17.0 Å². The first-order valence-electron chi connectivity index (χ1n) is 8.62. The van der Waals surface area contributed by atoms with Crippen molar-refractivity contribution in [3.8, 4) is 0 Å². The Labute approximate surface area is 163 Å². The SMILES string of the molecule is CCN(CC)S(=O)(=O)c1ccc(C(=O)NCC(=O)N/N=C/c2ccco2)cc1. The molecule has 1 heterocycles. The molecule has 1 aromatic carbocycles. The molecule has 2 N–H and O–H groups in total. The van der Waals surface area contributed by atoms with Crippen LogP contribution < -0.4 is 10.7 Å². The molecule has 0 atom stereocenters. The average Bonchev–Trinajstić information content (AvgIpc) is 3.20. The van der Waals surface area contributed by atoms with Crippen molar-refractivity contribution in [2.75, 3.05) is 19.6 Å². The molecule has 1 aromatic heterocycles. The summed E-state index contributed by atoms with van der Waals surface area (Å²) in [4.78, 5) is 23.9. The predicted molar refractivity (Wildman–Crippen MR) is 103 cm³/mol. The minimum absolute atomic E-state index is 0.109. The van der Waals surface area contributed by atoms with E-state index in [1.807, 2.05) is 0 Å². The summed E-state index contributed by atoms with van der Waals surface area (Å²) in [6.45, 7) is 3.95. The molecule has 0 radical (unpaired) electrons. The number of nitrogens with one attached hydrogen (secondary N) is 2. The van der Waals surface area contributed by atoms with Gasteiger partial charge in [0.25, 0.3) is 11.8 Å². The van der Waals surface area contributed by atoms with Crippen molar-refractivity contribution < 1.29 is 22.4 Å². The van der Waals surface area contributed by atoms with Gasteiger partial charge in [-0.25, -0.2) is 13.8 Å². The van der Waals surface area contributed by atoms with Crippen molar-refractivity contribution in [2.24, 2.45) is 5.10 Å². The van der Waals surface area contributed by atoms with Crippen molar-refractivity contribution in [2.45, 2.75) is 18.7 Å². The van der Waals surface area contributed by atoms with Gasteiger partial charge in [-0.05, 0) is 36.4 Å². The molecule has 0 aliphatic heterocycles. The second-order valence-corrected chi connectivity index (χ2v) is 7.54. The molecule has 0 aliphatic rings. The predicted octanol–water partition coefficient (Wildman–Crippen LogP) is 1.19. The fourth-order valence-corrected chi connectivity index (χ4v) is 3.78. The fourth-order valence-electron chi connectivity index (χ4n) is 2.33. The molecular formula is C18H22N4O5S. The first kappa shape index (κ1) is 21.3. The standard InChI is InChI=1S/C18H22N4O5S/c1-3-22(4-2)28(25,26)16-9-7-14(8-10-16)18(24)19-13-17(23)21-20-12-15-6-5-11-27-15/h5-12H,3-4,13H2,1-2H3,(H,19,24)(H,21,23)/b20-12+. The lowest BCUT2D eigenvalue weighted by atomic mass is 10.2. The van der Waals surface area contributed by atoms with Gasteiger partial charge in [0.1, 0.15) is 5.76 Å². The van der Waals surface area contributed by atoms with E-state index in [9.17, 15) is 18.0 Å². The van der Waals surface area contributed by atoms with Gasteiger partial charge in [-0.2, -0.15) is 9.41 Å². The van der Waals surface area contributed by atoms with E-state index in [1.165, 1.54) is 41.0 Å². The summed E-state index contributed by atoms with van der Waals surface area (Å²) < 4.78 is 31.2. The van der Waals surface area contributed by atoms with Crippen LogP contribution in [0.3, 0.4) is 0 Å². The summed E-state index contributed by atoms with van der Waals surface area (Å²) in [5.41, 5.74) is 2.49. The molecule has 0 saturated carbocycles. The highest BCUT2D eigenvalue weighted by Crippen LogP contribution is 2.16. The third kappa shape index (κ3) is 5.51. The summed E-state index contributed by atoms with van der Waals surface area (Å²) >= 11 is 0. The van der Waals surface area contributed by atoms with Gasteiger partial charge in [-0.15, -0.1) is 0 Å². The second-order valence-electron chi connectivity index (χ2n) is 5.60. The first-order chi connectivity index (χ1) is 13.4. The Morgan fingerprint density at radius 1 is 1.14 bits per heavy atom. The minimum Gasteiger partial charge on any atom is -0.463 e. The monoisotopic (exact) mass is 406 g/mol. The summed E-state index contributed by atoms with van der Waals surface area (Å²) in [5.74, 6) is -0.544. The number of furan rings is 1. The van der Waals surface area contributed by atoms with Crippen LogP contribution in [0.15, 0.2) is 57.1 Å². The average molecular weight is 406 g/mol. The van der Waals surface area contributed by atoms with Gasteiger partial charge in [0, 0.05) is 18.7 Å². The van der Waals surface area contributed by atoms with Crippen LogP contribution in [0.1, 0.15) is 30.0 Å². The lowest BCUT2D eigenvalue weighted by molar-refractivity contribution is -0.120. The van der Waals surface area contributed by atoms with Crippen LogP contribution in [-0.2, 0) is 14.8 Å². The number of rotatable bonds is 9. The number of carbonyl (C=O) groups is 2. The molecule has 0 aliphatic carbocycles. The number of hydrazone groups is 1. The van der Waals surface area contributed by atoms with Gasteiger partial charge >= 0.3 is 0 Å². The molecule has 0 fully saturated rings. The van der Waals surface area contributed by atoms with E-state index >= 15 is 0 Å². The van der Waals surface area contributed by atoms with Gasteiger partial charge < -0.3 is 9.73 Å². The highest BCUT2D eigenvalue weighted by atomic mass is 32.2. The van der Waals surface area contributed by atoms with Crippen LogP contribution in [0.2, 0.25) is 0 Å². The third-order valence-corrected chi connectivity index (χ3v) is 5.86. The Balaban J connectivity index is 1.89. The van der Waals surface area contributed by atoms with Crippen molar-refractivity contribution in [1.82, 2.24) is 15.0 Å². The Kier molecular flexibility index (Phi) is 7.47. The molecule has 2 amide bonds. The van der Waals surface area contributed by atoms with Crippen molar-refractivity contribution in [3.05, 3.63) is 54.0 Å². The van der Waals surface area contributed by atoms with Crippen LogP contribution in [0.5, 0.6) is 0 Å². The molecule has 2 aromatic rings. The van der Waals surface area contributed by atoms with Gasteiger partial charge in [0.15, 0.2) is 0 Å². The second kappa shape index (κ2) is 9.81. The number of amides is 2. The van der Waals surface area contributed by atoms with E-state index in [0.29, 0.717) is 18.8 Å². The molecule has 0 saturated heterocycles. The lowest BCUT2D eigenvalue weighted by Gasteiger charge is -2.18. The molecule has 28 heavy (non-hydrogen) atoms. The topological polar surface area (TPSA) is 121 Å². The van der Waals surface area contributed by atoms with Gasteiger partial charge in [-0.1, -0.05) is 13.8 Å². The molecule has 9 nitrogen and oxygen atoms in total. The molecule has 150 valence electrons. The minimum atomic E-state index is -3.58. The number of nitrogens with zero attached hydrogens (tertiary/aromatic N) is 2. The van der Waals surface area contributed by atoms with Crippen LogP contribution in [0, 0.1) is 0 Å². The Hall–Kier alpha value is -2.98. The third-order valence-electron chi connectivity index (χ3n) is 3.79. The lowest BCUT2D eigenvalue weighted by Crippen LogP contribution is -2.35. The molecule has 2 rings (SSSR count). The fraction of sp³-hybridized carbons (Fsp3) is 0.278. The largest absolute Gasteiger partial charge is 0.463 e. The van der Waals surface area contributed by atoms with E-state index in [4.69, 9.17) is 4.42 Å². The highest BCUT2D eigenvalue weighted by Gasteiger charge is 2.21. The number of benzene rings is 1. The number of sulfonamides is 1. The van der Waals surface area contributed by atoms with E-state index in [1.54, 1.807) is 26.0 Å². The summed E-state index contributed by atoms with van der Waals surface area (Å²) in [5, 5.41) is 6.13. The Morgan fingerprint density at radius 2 is 1.82 bits per heavy atom. The van der Waals surface area contributed by atoms with Crippen LogP contribution in [-0.4, -0.2) is 50.4 Å². The van der Waals surface area contributed by atoms with Crippen LogP contribution >= 0.6 is 0 Å². The van der Waals surface area contributed by atoms with Crippen molar-refractivity contribution in [1.29, 1.82) is 0 Å². The molecule has 0 spiro atoms. The molecular weight excluding hydrogens is 384 g/mol. The van der Waals surface area contributed by atoms with Gasteiger partial charge in [0.05, 0.1) is 23.9 Å². The number of carbonyl (C=O) groups excluding carboxylic acids is 2. The zero-order chi connectivity index (χ0) is 20.6. The maximum Gasteiger partial charge on any atom is 0.259 e. The van der Waals surface area contributed by atoms with Crippen LogP contribution in [0.25, 0.3) is 0 Å². The van der Waals surface area contributed by atoms with Gasteiger partial charge in [-0.3, -0.25) is 9.59 Å². The summed E-state index contributed by atoms with van der Waals surface area (Å²) in [6.07, 6.45) is 2.80. The Morgan fingerprint density at radius 3 is 2.39 bits per heavy atom. The van der Waals surface area contributed by atoms with E-state index in [2.05, 4.69) is 15.8 Å².